The first-order valence-corrected chi connectivity index (χ1v) is 6.50. The van der Waals surface area contributed by atoms with Crippen LogP contribution in [-0.2, 0) is 6.42 Å². The number of aromatic nitrogens is 1. The van der Waals surface area contributed by atoms with E-state index < -0.39 is 0 Å². The Hall–Kier alpha value is -1.77. The fourth-order valence-electron chi connectivity index (χ4n) is 2.03. The standard InChI is InChI=1S/C16H21NO2/c1-11-13(10-16(2,3)4)17-15(19-11)12-8-6-7-9-14(12)18-5/h6-9H,10H2,1-5H3. The minimum absolute atomic E-state index is 0.194. The lowest BCUT2D eigenvalue weighted by atomic mass is 9.90. The molecule has 0 atom stereocenters. The predicted molar refractivity (Wildman–Crippen MR) is 76.4 cm³/mol. The van der Waals surface area contributed by atoms with Gasteiger partial charge in [0.15, 0.2) is 0 Å². The zero-order valence-electron chi connectivity index (χ0n) is 12.3. The lowest BCUT2D eigenvalue weighted by Gasteiger charge is -2.15. The van der Waals surface area contributed by atoms with E-state index in [1.54, 1.807) is 7.11 Å². The van der Waals surface area contributed by atoms with Crippen LogP contribution in [0.25, 0.3) is 11.5 Å². The maximum Gasteiger partial charge on any atom is 0.230 e. The molecule has 1 aromatic heterocycles. The second kappa shape index (κ2) is 5.08. The molecule has 0 unspecified atom stereocenters. The lowest BCUT2D eigenvalue weighted by Crippen LogP contribution is -2.10. The molecule has 0 fully saturated rings. The Morgan fingerprint density at radius 2 is 1.89 bits per heavy atom. The van der Waals surface area contributed by atoms with Crippen LogP contribution in [-0.4, -0.2) is 12.1 Å². The number of nitrogens with zero attached hydrogens (tertiary/aromatic N) is 1. The van der Waals surface area contributed by atoms with Gasteiger partial charge in [-0.25, -0.2) is 4.98 Å². The summed E-state index contributed by atoms with van der Waals surface area (Å²) >= 11 is 0. The van der Waals surface area contributed by atoms with Crippen molar-refractivity contribution < 1.29 is 9.15 Å². The molecule has 0 aliphatic heterocycles. The number of para-hydroxylation sites is 1. The maximum atomic E-state index is 5.80. The number of aryl methyl sites for hydroxylation is 1. The molecular formula is C16H21NO2. The molecule has 1 aromatic carbocycles. The highest BCUT2D eigenvalue weighted by Crippen LogP contribution is 2.31. The van der Waals surface area contributed by atoms with Gasteiger partial charge in [-0.05, 0) is 30.9 Å². The quantitative estimate of drug-likeness (QED) is 0.826. The highest BCUT2D eigenvalue weighted by atomic mass is 16.5. The Kier molecular flexibility index (Phi) is 3.65. The third-order valence-corrected chi connectivity index (χ3v) is 2.93. The van der Waals surface area contributed by atoms with E-state index in [9.17, 15) is 0 Å². The third kappa shape index (κ3) is 3.16. The average Bonchev–Trinajstić information content (AvgIpc) is 2.68. The van der Waals surface area contributed by atoms with Crippen molar-refractivity contribution in [3.8, 4) is 17.2 Å². The van der Waals surface area contributed by atoms with Gasteiger partial charge < -0.3 is 9.15 Å². The first kappa shape index (κ1) is 13.7. The van der Waals surface area contributed by atoms with Gasteiger partial charge >= 0.3 is 0 Å². The van der Waals surface area contributed by atoms with E-state index >= 15 is 0 Å². The van der Waals surface area contributed by atoms with Gasteiger partial charge in [0.1, 0.15) is 11.5 Å². The number of hydrogen-bond acceptors (Lipinski definition) is 3. The summed E-state index contributed by atoms with van der Waals surface area (Å²) in [5, 5.41) is 0. The fourth-order valence-corrected chi connectivity index (χ4v) is 2.03. The van der Waals surface area contributed by atoms with Crippen LogP contribution in [0.4, 0.5) is 0 Å². The summed E-state index contributed by atoms with van der Waals surface area (Å²) in [4.78, 5) is 4.63. The van der Waals surface area contributed by atoms with Crippen LogP contribution in [0.3, 0.4) is 0 Å². The summed E-state index contributed by atoms with van der Waals surface area (Å²) in [5.74, 6) is 2.30. The van der Waals surface area contributed by atoms with Gasteiger partial charge in [-0.15, -0.1) is 0 Å². The molecule has 0 spiro atoms. The summed E-state index contributed by atoms with van der Waals surface area (Å²) in [7, 11) is 1.66. The fraction of sp³-hybridized carbons (Fsp3) is 0.438. The normalized spacial score (nSPS) is 11.6. The number of hydrogen-bond donors (Lipinski definition) is 0. The van der Waals surface area contributed by atoms with E-state index in [1.807, 2.05) is 31.2 Å². The predicted octanol–water partition coefficient (Wildman–Crippen LogP) is 4.25. The zero-order valence-corrected chi connectivity index (χ0v) is 12.3. The SMILES string of the molecule is COc1ccccc1-c1nc(CC(C)(C)C)c(C)o1. The Balaban J connectivity index is 2.39. The minimum atomic E-state index is 0.194. The Morgan fingerprint density at radius 1 is 1.21 bits per heavy atom. The molecule has 0 bridgehead atoms. The number of benzene rings is 1. The lowest BCUT2D eigenvalue weighted by molar-refractivity contribution is 0.403. The van der Waals surface area contributed by atoms with Gasteiger partial charge in [0, 0.05) is 0 Å². The molecule has 0 amide bonds. The average molecular weight is 259 g/mol. The van der Waals surface area contributed by atoms with Crippen molar-refractivity contribution in [1.82, 2.24) is 4.98 Å². The topological polar surface area (TPSA) is 35.3 Å². The van der Waals surface area contributed by atoms with Gasteiger partial charge in [0.05, 0.1) is 18.4 Å². The highest BCUT2D eigenvalue weighted by Gasteiger charge is 2.19. The number of methoxy groups -OCH3 is 1. The highest BCUT2D eigenvalue weighted by molar-refractivity contribution is 5.62. The van der Waals surface area contributed by atoms with Gasteiger partial charge in [-0.2, -0.15) is 0 Å². The van der Waals surface area contributed by atoms with Crippen LogP contribution in [0.1, 0.15) is 32.2 Å². The maximum absolute atomic E-state index is 5.80. The van der Waals surface area contributed by atoms with Crippen molar-refractivity contribution in [3.05, 3.63) is 35.7 Å². The largest absolute Gasteiger partial charge is 0.496 e. The van der Waals surface area contributed by atoms with Crippen molar-refractivity contribution in [2.45, 2.75) is 34.1 Å². The minimum Gasteiger partial charge on any atom is -0.496 e. The molecule has 0 aliphatic carbocycles. The molecule has 2 aromatic rings. The smallest absolute Gasteiger partial charge is 0.230 e. The molecule has 0 aliphatic rings. The van der Waals surface area contributed by atoms with E-state index in [1.165, 1.54) is 0 Å². The molecule has 3 heteroatoms. The monoisotopic (exact) mass is 259 g/mol. The van der Waals surface area contributed by atoms with Gasteiger partial charge in [0.25, 0.3) is 0 Å². The zero-order chi connectivity index (χ0) is 14.0. The molecule has 19 heavy (non-hydrogen) atoms. The van der Waals surface area contributed by atoms with Gasteiger partial charge in [-0.1, -0.05) is 32.9 Å². The van der Waals surface area contributed by atoms with Crippen molar-refractivity contribution in [2.75, 3.05) is 7.11 Å². The van der Waals surface area contributed by atoms with Crippen LogP contribution >= 0.6 is 0 Å². The summed E-state index contributed by atoms with van der Waals surface area (Å²) in [6.45, 7) is 8.56. The van der Waals surface area contributed by atoms with Crippen LogP contribution in [0.5, 0.6) is 5.75 Å². The van der Waals surface area contributed by atoms with Crippen molar-refractivity contribution >= 4 is 0 Å². The summed E-state index contributed by atoms with van der Waals surface area (Å²) in [5.41, 5.74) is 2.11. The Labute approximate surface area is 114 Å². The molecular weight excluding hydrogens is 238 g/mol. The van der Waals surface area contributed by atoms with Crippen molar-refractivity contribution in [3.63, 3.8) is 0 Å². The van der Waals surface area contributed by atoms with Crippen molar-refractivity contribution in [1.29, 1.82) is 0 Å². The van der Waals surface area contributed by atoms with Crippen molar-refractivity contribution in [2.24, 2.45) is 5.41 Å². The summed E-state index contributed by atoms with van der Waals surface area (Å²) in [6.07, 6.45) is 0.900. The van der Waals surface area contributed by atoms with E-state index in [4.69, 9.17) is 9.15 Å². The molecule has 0 saturated heterocycles. The molecule has 0 radical (unpaired) electrons. The van der Waals surface area contributed by atoms with Crippen LogP contribution in [0.2, 0.25) is 0 Å². The third-order valence-electron chi connectivity index (χ3n) is 2.93. The van der Waals surface area contributed by atoms with Crippen LogP contribution < -0.4 is 4.74 Å². The Morgan fingerprint density at radius 3 is 2.53 bits per heavy atom. The Bertz CT molecular complexity index is 564. The molecule has 0 N–H and O–H groups in total. The summed E-state index contributed by atoms with van der Waals surface area (Å²) < 4.78 is 11.1. The van der Waals surface area contributed by atoms with E-state index in [-0.39, 0.29) is 5.41 Å². The number of rotatable bonds is 3. The molecule has 102 valence electrons. The summed E-state index contributed by atoms with van der Waals surface area (Å²) in [6, 6.07) is 7.78. The van der Waals surface area contributed by atoms with E-state index in [0.29, 0.717) is 5.89 Å². The second-order valence-corrected chi connectivity index (χ2v) is 5.96. The van der Waals surface area contributed by atoms with E-state index in [2.05, 4.69) is 25.8 Å². The molecule has 0 saturated carbocycles. The van der Waals surface area contributed by atoms with Crippen LogP contribution in [0, 0.1) is 12.3 Å². The number of oxazole rings is 1. The van der Waals surface area contributed by atoms with E-state index in [0.717, 1.165) is 29.2 Å². The molecule has 3 nitrogen and oxygen atoms in total. The second-order valence-electron chi connectivity index (χ2n) is 5.96. The van der Waals surface area contributed by atoms with Gasteiger partial charge in [-0.3, -0.25) is 0 Å². The van der Waals surface area contributed by atoms with Crippen LogP contribution in [0.15, 0.2) is 28.7 Å². The molecule has 2 rings (SSSR count). The number of ether oxygens (including phenoxy) is 1. The first-order chi connectivity index (χ1) is 8.90. The molecule has 1 heterocycles. The first-order valence-electron chi connectivity index (χ1n) is 6.50. The van der Waals surface area contributed by atoms with Gasteiger partial charge in [0.2, 0.25) is 5.89 Å².